The highest BCUT2D eigenvalue weighted by Crippen LogP contribution is 2.29. The van der Waals surface area contributed by atoms with E-state index >= 15 is 0 Å². The molecule has 0 saturated heterocycles. The summed E-state index contributed by atoms with van der Waals surface area (Å²) in [4.78, 5) is 12.7. The maximum Gasteiger partial charge on any atom is 0.326 e. The lowest BCUT2D eigenvalue weighted by atomic mass is 10.1. The summed E-state index contributed by atoms with van der Waals surface area (Å²) < 4.78 is 31.2. The van der Waals surface area contributed by atoms with Crippen LogP contribution < -0.4 is 5.32 Å². The first-order valence-corrected chi connectivity index (χ1v) is 7.96. The van der Waals surface area contributed by atoms with Crippen molar-refractivity contribution in [2.75, 3.05) is 12.4 Å². The number of hydrogen-bond acceptors (Lipinski definition) is 4. The van der Waals surface area contributed by atoms with Gasteiger partial charge < -0.3 is 4.74 Å². The topological polar surface area (TPSA) is 38.3 Å². The van der Waals surface area contributed by atoms with Gasteiger partial charge in [0.25, 0.3) is 0 Å². The van der Waals surface area contributed by atoms with Crippen molar-refractivity contribution >= 4 is 17.7 Å². The first-order valence-electron chi connectivity index (χ1n) is 6.97. The summed E-state index contributed by atoms with van der Waals surface area (Å²) >= 11 is 1.30. The van der Waals surface area contributed by atoms with E-state index in [0.717, 1.165) is 25.0 Å². The number of esters is 1. The second-order valence-corrected chi connectivity index (χ2v) is 6.38. The van der Waals surface area contributed by atoms with Crippen LogP contribution in [0.4, 0.5) is 8.78 Å². The molecule has 1 N–H and O–H groups in total. The first-order chi connectivity index (χ1) is 9.94. The Morgan fingerprint density at radius 2 is 2.14 bits per heavy atom. The van der Waals surface area contributed by atoms with Gasteiger partial charge >= 0.3 is 5.97 Å². The van der Waals surface area contributed by atoms with Crippen LogP contribution in [0.3, 0.4) is 0 Å². The Kier molecular flexibility index (Phi) is 5.22. The van der Waals surface area contributed by atoms with Crippen LogP contribution in [0.2, 0.25) is 0 Å². The maximum absolute atomic E-state index is 13.2. The van der Waals surface area contributed by atoms with Gasteiger partial charge in [0.1, 0.15) is 5.54 Å². The van der Waals surface area contributed by atoms with Crippen molar-refractivity contribution in [2.45, 2.75) is 43.2 Å². The van der Waals surface area contributed by atoms with Crippen LogP contribution in [-0.4, -0.2) is 29.9 Å². The molecule has 116 valence electrons. The monoisotopic (exact) mass is 315 g/mol. The number of ether oxygens (including phenoxy) is 1. The van der Waals surface area contributed by atoms with Crippen molar-refractivity contribution in [2.24, 2.45) is 0 Å². The van der Waals surface area contributed by atoms with Crippen molar-refractivity contribution in [1.82, 2.24) is 5.32 Å². The van der Waals surface area contributed by atoms with Gasteiger partial charge in [0.15, 0.2) is 11.6 Å². The van der Waals surface area contributed by atoms with E-state index in [1.807, 2.05) is 0 Å². The van der Waals surface area contributed by atoms with Gasteiger partial charge in [-0.2, -0.15) is 0 Å². The zero-order valence-electron chi connectivity index (χ0n) is 12.1. The van der Waals surface area contributed by atoms with E-state index in [0.29, 0.717) is 23.3 Å². The first kappa shape index (κ1) is 16.2. The van der Waals surface area contributed by atoms with E-state index in [-0.39, 0.29) is 5.97 Å². The Morgan fingerprint density at radius 1 is 1.43 bits per heavy atom. The number of hydrogen-bond donors (Lipinski definition) is 1. The van der Waals surface area contributed by atoms with Crippen LogP contribution in [0.1, 0.15) is 26.7 Å². The van der Waals surface area contributed by atoms with Crippen LogP contribution >= 0.6 is 11.8 Å². The van der Waals surface area contributed by atoms with Crippen molar-refractivity contribution in [3.05, 3.63) is 29.8 Å². The highest BCUT2D eigenvalue weighted by atomic mass is 32.2. The molecule has 0 radical (unpaired) electrons. The van der Waals surface area contributed by atoms with E-state index in [4.69, 9.17) is 4.74 Å². The molecule has 1 atom stereocenters. The Balaban J connectivity index is 2.03. The van der Waals surface area contributed by atoms with Gasteiger partial charge in [-0.25, -0.2) is 8.78 Å². The van der Waals surface area contributed by atoms with Crippen molar-refractivity contribution < 1.29 is 18.3 Å². The molecule has 2 rings (SSSR count). The van der Waals surface area contributed by atoms with E-state index in [2.05, 4.69) is 5.32 Å². The zero-order chi connectivity index (χ0) is 15.5. The molecule has 0 aliphatic heterocycles. The molecule has 1 saturated carbocycles. The predicted octanol–water partition coefficient (Wildman–Crippen LogP) is 3.13. The standard InChI is InChI=1S/C15H19F2NO2S/c1-3-20-14(19)15(2,18-10-4-5-10)9-21-11-6-7-12(16)13(17)8-11/h6-8,10,18H,3-5,9H2,1-2H3. The molecule has 1 fully saturated rings. The molecule has 1 aliphatic rings. The minimum Gasteiger partial charge on any atom is -0.465 e. The van der Waals surface area contributed by atoms with Gasteiger partial charge in [0.2, 0.25) is 0 Å². The molecule has 1 aromatic rings. The van der Waals surface area contributed by atoms with Gasteiger partial charge in [-0.1, -0.05) is 0 Å². The highest BCUT2D eigenvalue weighted by molar-refractivity contribution is 7.99. The third-order valence-corrected chi connectivity index (χ3v) is 4.55. The summed E-state index contributed by atoms with van der Waals surface area (Å²) in [5.41, 5.74) is -0.827. The number of carbonyl (C=O) groups is 1. The van der Waals surface area contributed by atoms with Gasteiger partial charge in [-0.15, -0.1) is 11.8 Å². The molecule has 0 spiro atoms. The molecule has 1 aliphatic carbocycles. The Labute approximate surface area is 127 Å². The summed E-state index contributed by atoms with van der Waals surface area (Å²) in [7, 11) is 0. The molecule has 6 heteroatoms. The third kappa shape index (κ3) is 4.41. The van der Waals surface area contributed by atoms with Crippen LogP contribution in [0, 0.1) is 11.6 Å². The zero-order valence-corrected chi connectivity index (χ0v) is 12.9. The molecule has 21 heavy (non-hydrogen) atoms. The Bertz CT molecular complexity index is 522. The summed E-state index contributed by atoms with van der Waals surface area (Å²) in [6.45, 7) is 3.87. The SMILES string of the molecule is CCOC(=O)C(C)(CSc1ccc(F)c(F)c1)NC1CC1. The highest BCUT2D eigenvalue weighted by Gasteiger charge is 2.39. The summed E-state index contributed by atoms with van der Waals surface area (Å²) in [6.07, 6.45) is 2.09. The van der Waals surface area contributed by atoms with Crippen molar-refractivity contribution in [3.8, 4) is 0 Å². The largest absolute Gasteiger partial charge is 0.465 e. The molecule has 0 amide bonds. The number of rotatable bonds is 7. The fourth-order valence-electron chi connectivity index (χ4n) is 1.92. The molecule has 3 nitrogen and oxygen atoms in total. The second-order valence-electron chi connectivity index (χ2n) is 5.34. The number of halogens is 2. The van der Waals surface area contributed by atoms with Gasteiger partial charge in [0, 0.05) is 16.7 Å². The number of nitrogens with one attached hydrogen (secondary N) is 1. The van der Waals surface area contributed by atoms with Crippen molar-refractivity contribution in [3.63, 3.8) is 0 Å². The lowest BCUT2D eigenvalue weighted by Crippen LogP contribution is -2.53. The minimum absolute atomic E-state index is 0.313. The summed E-state index contributed by atoms with van der Waals surface area (Å²) in [5.74, 6) is -1.67. The van der Waals surface area contributed by atoms with Gasteiger partial charge in [-0.05, 0) is 44.9 Å². The lowest BCUT2D eigenvalue weighted by Gasteiger charge is -2.28. The Morgan fingerprint density at radius 3 is 2.71 bits per heavy atom. The van der Waals surface area contributed by atoms with Gasteiger partial charge in [0.05, 0.1) is 6.61 Å². The second kappa shape index (κ2) is 6.75. The van der Waals surface area contributed by atoms with Gasteiger partial charge in [-0.3, -0.25) is 10.1 Å². The fraction of sp³-hybridized carbons (Fsp3) is 0.533. The van der Waals surface area contributed by atoms with Crippen LogP contribution in [-0.2, 0) is 9.53 Å². The van der Waals surface area contributed by atoms with Crippen LogP contribution in [0.15, 0.2) is 23.1 Å². The van der Waals surface area contributed by atoms with Crippen LogP contribution in [0.25, 0.3) is 0 Å². The number of carbonyl (C=O) groups excluding carboxylic acids is 1. The van der Waals surface area contributed by atoms with Crippen LogP contribution in [0.5, 0.6) is 0 Å². The smallest absolute Gasteiger partial charge is 0.326 e. The molecule has 0 bridgehead atoms. The molecule has 0 heterocycles. The average molecular weight is 315 g/mol. The fourth-order valence-corrected chi connectivity index (χ4v) is 2.93. The Hall–Kier alpha value is -1.14. The van der Waals surface area contributed by atoms with Crippen molar-refractivity contribution in [1.29, 1.82) is 0 Å². The third-order valence-electron chi connectivity index (χ3n) is 3.24. The molecule has 1 unspecified atom stereocenters. The molecular formula is C15H19F2NO2S. The maximum atomic E-state index is 13.2. The average Bonchev–Trinajstić information content (AvgIpc) is 3.24. The van der Waals surface area contributed by atoms with E-state index < -0.39 is 17.2 Å². The molecular weight excluding hydrogens is 296 g/mol. The van der Waals surface area contributed by atoms with E-state index in [1.165, 1.54) is 17.8 Å². The van der Waals surface area contributed by atoms with E-state index in [9.17, 15) is 13.6 Å². The van der Waals surface area contributed by atoms with E-state index in [1.54, 1.807) is 13.8 Å². The molecule has 1 aromatic carbocycles. The summed E-state index contributed by atoms with van der Waals surface area (Å²) in [6, 6.07) is 4.08. The predicted molar refractivity (Wildman–Crippen MR) is 78.3 cm³/mol. The minimum atomic E-state index is -0.881. The number of thioether (sulfide) groups is 1. The lowest BCUT2D eigenvalue weighted by molar-refractivity contribution is -0.149. The normalized spacial score (nSPS) is 17.3. The number of benzene rings is 1. The summed E-state index contributed by atoms with van der Waals surface area (Å²) in [5, 5.41) is 3.28. The molecule has 0 aromatic heterocycles. The quantitative estimate of drug-likeness (QED) is 0.620.